The van der Waals surface area contributed by atoms with E-state index in [4.69, 9.17) is 26.8 Å². The highest BCUT2D eigenvalue weighted by molar-refractivity contribution is 7.14. The van der Waals surface area contributed by atoms with Crippen LogP contribution in [0.25, 0.3) is 0 Å². The van der Waals surface area contributed by atoms with E-state index in [-0.39, 0.29) is 29.0 Å². The summed E-state index contributed by atoms with van der Waals surface area (Å²) in [6.45, 7) is 1.15. The molecule has 2 aromatic rings. The molecule has 1 aliphatic rings. The SMILES string of the molecule is NC(=O)Cc1csc(NC(=O)c2cnc(OC3CCOC3)c(Cl)c2)n1. The molecule has 132 valence electrons. The number of thiazole rings is 1. The van der Waals surface area contributed by atoms with Crippen LogP contribution in [0, 0.1) is 0 Å². The lowest BCUT2D eigenvalue weighted by atomic mass is 10.2. The van der Waals surface area contributed by atoms with Crippen molar-refractivity contribution in [1.82, 2.24) is 9.97 Å². The summed E-state index contributed by atoms with van der Waals surface area (Å²) in [6, 6.07) is 1.48. The zero-order valence-corrected chi connectivity index (χ0v) is 14.6. The molecule has 10 heteroatoms. The predicted molar refractivity (Wildman–Crippen MR) is 92.1 cm³/mol. The molecule has 1 unspecified atom stereocenters. The predicted octanol–water partition coefficient (Wildman–Crippen LogP) is 1.64. The molecule has 1 atom stereocenters. The topological polar surface area (TPSA) is 116 Å². The number of nitrogens with two attached hydrogens (primary N) is 1. The lowest BCUT2D eigenvalue weighted by molar-refractivity contribution is -0.117. The molecular formula is C15H15ClN4O4S. The number of nitrogens with one attached hydrogen (secondary N) is 1. The van der Waals surface area contributed by atoms with Crippen LogP contribution in [0.5, 0.6) is 5.88 Å². The van der Waals surface area contributed by atoms with E-state index in [9.17, 15) is 9.59 Å². The number of anilines is 1. The Balaban J connectivity index is 1.64. The van der Waals surface area contributed by atoms with Gasteiger partial charge in [0.15, 0.2) is 5.13 Å². The van der Waals surface area contributed by atoms with Crippen LogP contribution in [-0.4, -0.2) is 41.1 Å². The largest absolute Gasteiger partial charge is 0.471 e. The highest BCUT2D eigenvalue weighted by atomic mass is 35.5. The Kier molecular flexibility index (Phi) is 5.47. The number of carbonyl (C=O) groups excluding carboxylic acids is 2. The highest BCUT2D eigenvalue weighted by Crippen LogP contribution is 2.26. The van der Waals surface area contributed by atoms with E-state index in [1.807, 2.05) is 0 Å². The Bertz CT molecular complexity index is 792. The number of aromatic nitrogens is 2. The maximum absolute atomic E-state index is 12.3. The number of hydrogen-bond acceptors (Lipinski definition) is 7. The number of halogens is 1. The van der Waals surface area contributed by atoms with Crippen LogP contribution in [0.2, 0.25) is 5.02 Å². The monoisotopic (exact) mass is 382 g/mol. The Hall–Kier alpha value is -2.23. The van der Waals surface area contributed by atoms with E-state index >= 15 is 0 Å². The van der Waals surface area contributed by atoms with E-state index in [1.165, 1.54) is 23.6 Å². The minimum atomic E-state index is -0.484. The van der Waals surface area contributed by atoms with Crippen LogP contribution in [0.4, 0.5) is 5.13 Å². The summed E-state index contributed by atoms with van der Waals surface area (Å²) in [5.41, 5.74) is 5.89. The molecule has 1 aliphatic heterocycles. The van der Waals surface area contributed by atoms with E-state index in [0.717, 1.165) is 6.42 Å². The number of pyridine rings is 1. The van der Waals surface area contributed by atoms with Crippen molar-refractivity contribution >= 4 is 39.9 Å². The normalized spacial score (nSPS) is 16.6. The van der Waals surface area contributed by atoms with Gasteiger partial charge in [0, 0.05) is 18.0 Å². The summed E-state index contributed by atoms with van der Waals surface area (Å²) in [6.07, 6.45) is 2.10. The summed E-state index contributed by atoms with van der Waals surface area (Å²) >= 11 is 7.34. The zero-order valence-electron chi connectivity index (χ0n) is 13.0. The van der Waals surface area contributed by atoms with Gasteiger partial charge in [0.1, 0.15) is 11.1 Å². The molecule has 25 heavy (non-hydrogen) atoms. The Labute approximate surface area is 152 Å². The van der Waals surface area contributed by atoms with E-state index < -0.39 is 11.8 Å². The van der Waals surface area contributed by atoms with Gasteiger partial charge < -0.3 is 15.2 Å². The lowest BCUT2D eigenvalue weighted by Gasteiger charge is -2.12. The van der Waals surface area contributed by atoms with Crippen molar-refractivity contribution in [3.05, 3.63) is 33.9 Å². The molecule has 0 bridgehead atoms. The third kappa shape index (κ3) is 4.65. The third-order valence-electron chi connectivity index (χ3n) is 3.36. The smallest absolute Gasteiger partial charge is 0.259 e. The summed E-state index contributed by atoms with van der Waals surface area (Å²) < 4.78 is 10.9. The average Bonchev–Trinajstić information content (AvgIpc) is 3.21. The number of amides is 2. The molecular weight excluding hydrogens is 368 g/mol. The van der Waals surface area contributed by atoms with E-state index in [1.54, 1.807) is 5.38 Å². The van der Waals surface area contributed by atoms with Crippen LogP contribution >= 0.6 is 22.9 Å². The number of carbonyl (C=O) groups is 2. The first-order chi connectivity index (χ1) is 12.0. The minimum absolute atomic E-state index is 0.0245. The van der Waals surface area contributed by atoms with E-state index in [2.05, 4.69) is 15.3 Å². The van der Waals surface area contributed by atoms with Gasteiger partial charge in [-0.1, -0.05) is 11.6 Å². The van der Waals surface area contributed by atoms with E-state index in [0.29, 0.717) is 24.0 Å². The highest BCUT2D eigenvalue weighted by Gasteiger charge is 2.20. The summed E-state index contributed by atoms with van der Waals surface area (Å²) in [7, 11) is 0. The molecule has 3 rings (SSSR count). The van der Waals surface area contributed by atoms with Crippen molar-refractivity contribution in [2.24, 2.45) is 5.73 Å². The lowest BCUT2D eigenvalue weighted by Crippen LogP contribution is -2.17. The maximum Gasteiger partial charge on any atom is 0.259 e. The van der Waals surface area contributed by atoms with Crippen molar-refractivity contribution in [2.75, 3.05) is 18.5 Å². The molecule has 0 radical (unpaired) electrons. The van der Waals surface area contributed by atoms with Crippen molar-refractivity contribution in [3.63, 3.8) is 0 Å². The third-order valence-corrected chi connectivity index (χ3v) is 4.44. The van der Waals surface area contributed by atoms with Crippen LogP contribution < -0.4 is 15.8 Å². The zero-order chi connectivity index (χ0) is 17.8. The van der Waals surface area contributed by atoms with Crippen molar-refractivity contribution in [1.29, 1.82) is 0 Å². The van der Waals surface area contributed by atoms with Crippen molar-refractivity contribution in [2.45, 2.75) is 18.9 Å². The molecule has 1 fully saturated rings. The second-order valence-corrected chi connectivity index (χ2v) is 6.62. The van der Waals surface area contributed by atoms with Crippen LogP contribution in [0.3, 0.4) is 0 Å². The second kappa shape index (κ2) is 7.77. The Morgan fingerprint density at radius 2 is 2.36 bits per heavy atom. The van der Waals surface area contributed by atoms with Gasteiger partial charge in [-0.15, -0.1) is 11.3 Å². The molecule has 2 aromatic heterocycles. The van der Waals surface area contributed by atoms with Crippen molar-refractivity contribution in [3.8, 4) is 5.88 Å². The van der Waals surface area contributed by atoms with Crippen LogP contribution in [-0.2, 0) is 16.0 Å². The van der Waals surface area contributed by atoms with Gasteiger partial charge in [-0.05, 0) is 6.07 Å². The second-order valence-electron chi connectivity index (χ2n) is 5.36. The molecule has 1 saturated heterocycles. The Morgan fingerprint density at radius 1 is 1.52 bits per heavy atom. The fraction of sp³-hybridized carbons (Fsp3) is 0.333. The van der Waals surface area contributed by atoms with Gasteiger partial charge >= 0.3 is 0 Å². The summed E-state index contributed by atoms with van der Waals surface area (Å²) in [5, 5.41) is 4.89. The first kappa shape index (κ1) is 17.6. The maximum atomic E-state index is 12.3. The van der Waals surface area contributed by atoms with Gasteiger partial charge in [-0.3, -0.25) is 14.9 Å². The molecule has 0 spiro atoms. The first-order valence-corrected chi connectivity index (χ1v) is 8.71. The molecule has 3 heterocycles. The quantitative estimate of drug-likeness (QED) is 0.784. The van der Waals surface area contributed by atoms with Gasteiger partial charge in [-0.25, -0.2) is 9.97 Å². The van der Waals surface area contributed by atoms with Gasteiger partial charge in [0.25, 0.3) is 5.91 Å². The first-order valence-electron chi connectivity index (χ1n) is 7.45. The molecule has 0 saturated carbocycles. The van der Waals surface area contributed by atoms with Gasteiger partial charge in [0.2, 0.25) is 11.8 Å². The van der Waals surface area contributed by atoms with Crippen LogP contribution in [0.1, 0.15) is 22.5 Å². The molecule has 8 nitrogen and oxygen atoms in total. The molecule has 3 N–H and O–H groups in total. The fourth-order valence-electron chi connectivity index (χ4n) is 2.19. The molecule has 0 aliphatic carbocycles. The molecule has 2 amide bonds. The average molecular weight is 383 g/mol. The summed E-state index contributed by atoms with van der Waals surface area (Å²) in [4.78, 5) is 31.3. The van der Waals surface area contributed by atoms with Crippen LogP contribution in [0.15, 0.2) is 17.6 Å². The van der Waals surface area contributed by atoms with Crippen molar-refractivity contribution < 1.29 is 19.1 Å². The summed E-state index contributed by atoms with van der Waals surface area (Å²) in [5.74, 6) is -0.626. The Morgan fingerprint density at radius 3 is 3.04 bits per heavy atom. The van der Waals surface area contributed by atoms with Gasteiger partial charge in [-0.2, -0.15) is 0 Å². The number of primary amides is 1. The minimum Gasteiger partial charge on any atom is -0.471 e. The fourth-order valence-corrected chi connectivity index (χ4v) is 3.11. The standard InChI is InChI=1S/C15H15ClN4O4S/c16-11-3-8(5-18-14(11)24-10-1-2-23-6-10)13(22)20-15-19-9(7-25-15)4-12(17)21/h3,5,7,10H,1-2,4,6H2,(H2,17,21)(H,19,20,22). The number of hydrogen-bond donors (Lipinski definition) is 2. The number of ether oxygens (including phenoxy) is 2. The molecule has 0 aromatic carbocycles. The van der Waals surface area contributed by atoms with Gasteiger partial charge in [0.05, 0.1) is 30.9 Å². The number of nitrogens with zero attached hydrogens (tertiary/aromatic N) is 2. The number of rotatable bonds is 6.